The van der Waals surface area contributed by atoms with Crippen molar-refractivity contribution in [2.24, 2.45) is 0 Å². The van der Waals surface area contributed by atoms with Crippen molar-refractivity contribution in [2.75, 3.05) is 13.7 Å². The molecular formula is C21H42O2. The Morgan fingerprint density at radius 3 is 1.48 bits per heavy atom. The summed E-state index contributed by atoms with van der Waals surface area (Å²) < 4.78 is 0. The summed E-state index contributed by atoms with van der Waals surface area (Å²) >= 11 is 0. The molecule has 0 aliphatic rings. The Labute approximate surface area is 146 Å². The molecule has 0 atom stereocenters. The summed E-state index contributed by atoms with van der Waals surface area (Å²) in [6, 6.07) is 0. The molecule has 0 aliphatic heterocycles. The second-order valence-electron chi connectivity index (χ2n) is 5.77. The van der Waals surface area contributed by atoms with Crippen LogP contribution in [0.2, 0.25) is 0 Å². The fourth-order valence-electron chi connectivity index (χ4n) is 2.19. The monoisotopic (exact) mass is 326 g/mol. The Kier molecular flexibility index (Phi) is 28.2. The molecule has 2 heteroatoms. The van der Waals surface area contributed by atoms with Gasteiger partial charge in [-0.1, -0.05) is 76.7 Å². The molecule has 0 aromatic rings. The van der Waals surface area contributed by atoms with Gasteiger partial charge in [-0.05, 0) is 45.4 Å². The lowest BCUT2D eigenvalue weighted by Gasteiger charge is -1.99. The van der Waals surface area contributed by atoms with Crippen LogP contribution in [0.25, 0.3) is 0 Å². The van der Waals surface area contributed by atoms with Crippen LogP contribution in [0.15, 0.2) is 24.3 Å². The minimum atomic E-state index is 0.622. The molecule has 0 saturated heterocycles. The highest BCUT2D eigenvalue weighted by molar-refractivity contribution is 4.81. The molecule has 0 spiro atoms. The zero-order valence-electron chi connectivity index (χ0n) is 16.3. The van der Waals surface area contributed by atoms with Crippen LogP contribution in [0.3, 0.4) is 0 Å². The molecule has 0 radical (unpaired) electrons. The molecule has 0 rings (SSSR count). The Balaban J connectivity index is 0. The van der Waals surface area contributed by atoms with Gasteiger partial charge in [-0.2, -0.15) is 0 Å². The minimum Gasteiger partial charge on any atom is -0.240 e. The summed E-state index contributed by atoms with van der Waals surface area (Å²) in [4.78, 5) is 8.52. The normalized spacial score (nSPS) is 11.1. The van der Waals surface area contributed by atoms with Crippen molar-refractivity contribution in [3.8, 4) is 0 Å². The average molecular weight is 327 g/mol. The first-order valence-corrected chi connectivity index (χ1v) is 9.78. The van der Waals surface area contributed by atoms with Gasteiger partial charge in [0, 0.05) is 0 Å². The van der Waals surface area contributed by atoms with E-state index < -0.39 is 0 Å². The van der Waals surface area contributed by atoms with Gasteiger partial charge in [0.05, 0.1) is 13.7 Å². The number of allylic oxidation sites excluding steroid dienone is 4. The molecule has 0 aromatic carbocycles. The second kappa shape index (κ2) is 26.3. The van der Waals surface area contributed by atoms with Crippen molar-refractivity contribution >= 4 is 0 Å². The Morgan fingerprint density at radius 1 is 0.609 bits per heavy atom. The van der Waals surface area contributed by atoms with E-state index in [1.807, 2.05) is 6.92 Å². The molecule has 0 N–H and O–H groups in total. The van der Waals surface area contributed by atoms with E-state index in [4.69, 9.17) is 0 Å². The van der Waals surface area contributed by atoms with E-state index in [1.54, 1.807) is 0 Å². The second-order valence-corrected chi connectivity index (χ2v) is 5.77. The first-order chi connectivity index (χ1) is 11.3. The van der Waals surface area contributed by atoms with Crippen LogP contribution in [0.4, 0.5) is 0 Å². The molecule has 23 heavy (non-hydrogen) atoms. The van der Waals surface area contributed by atoms with Gasteiger partial charge in [0.1, 0.15) is 0 Å². The summed E-state index contributed by atoms with van der Waals surface area (Å²) in [5.74, 6) is 0. The van der Waals surface area contributed by atoms with Crippen LogP contribution in [0.5, 0.6) is 0 Å². The van der Waals surface area contributed by atoms with Crippen LogP contribution >= 0.6 is 0 Å². The van der Waals surface area contributed by atoms with Gasteiger partial charge in [-0.15, -0.1) is 0 Å². The molecule has 0 amide bonds. The van der Waals surface area contributed by atoms with E-state index in [1.165, 1.54) is 84.2 Å². The summed E-state index contributed by atoms with van der Waals surface area (Å²) in [7, 11) is 1.49. The first-order valence-electron chi connectivity index (χ1n) is 9.78. The third kappa shape index (κ3) is 29.9. The molecule has 2 nitrogen and oxygen atoms in total. The highest BCUT2D eigenvalue weighted by Gasteiger charge is 1.89. The van der Waals surface area contributed by atoms with Crippen LogP contribution in [0.1, 0.15) is 97.8 Å². The van der Waals surface area contributed by atoms with Gasteiger partial charge in [-0.3, -0.25) is 0 Å². The first kappa shape index (κ1) is 24.6. The fourth-order valence-corrected chi connectivity index (χ4v) is 2.19. The SMILES string of the molecule is CC/C=C\CCCCCCCC/C=C/CCCC.CCOOC. The van der Waals surface area contributed by atoms with Gasteiger partial charge in [-0.25, -0.2) is 9.78 Å². The maximum Gasteiger partial charge on any atom is 0.0794 e. The standard InChI is InChI=1S/C18H34.C3H8O2/c1-3-5-7-9-11-13-15-17-18-16-14-12-10-8-6-4-2;1-3-5-4-2/h5,7,10,12H,3-4,6,8-9,11,13-18H2,1-2H3;3H2,1-2H3/b7-5-,12-10+;. The number of hydrogen-bond donors (Lipinski definition) is 0. The quantitative estimate of drug-likeness (QED) is 0.135. The van der Waals surface area contributed by atoms with Crippen LogP contribution < -0.4 is 0 Å². The Morgan fingerprint density at radius 2 is 1.09 bits per heavy atom. The van der Waals surface area contributed by atoms with Crippen molar-refractivity contribution in [3.63, 3.8) is 0 Å². The van der Waals surface area contributed by atoms with Gasteiger partial charge in [0.25, 0.3) is 0 Å². The van der Waals surface area contributed by atoms with Gasteiger partial charge in [0.15, 0.2) is 0 Å². The molecule has 0 bridgehead atoms. The van der Waals surface area contributed by atoms with Crippen molar-refractivity contribution in [3.05, 3.63) is 24.3 Å². The van der Waals surface area contributed by atoms with E-state index >= 15 is 0 Å². The number of hydrogen-bond acceptors (Lipinski definition) is 2. The average Bonchev–Trinajstić information content (AvgIpc) is 2.56. The van der Waals surface area contributed by atoms with Gasteiger partial charge in [0.2, 0.25) is 0 Å². The predicted molar refractivity (Wildman–Crippen MR) is 104 cm³/mol. The van der Waals surface area contributed by atoms with Crippen molar-refractivity contribution in [2.45, 2.75) is 97.8 Å². The lowest BCUT2D eigenvalue weighted by atomic mass is 10.1. The number of unbranched alkanes of at least 4 members (excludes halogenated alkanes) is 9. The van der Waals surface area contributed by atoms with Crippen molar-refractivity contribution < 1.29 is 9.78 Å². The summed E-state index contributed by atoms with van der Waals surface area (Å²) in [6.07, 6.45) is 25.5. The van der Waals surface area contributed by atoms with E-state index in [-0.39, 0.29) is 0 Å². The van der Waals surface area contributed by atoms with Crippen molar-refractivity contribution in [1.82, 2.24) is 0 Å². The van der Waals surface area contributed by atoms with Gasteiger partial charge < -0.3 is 0 Å². The fraction of sp³-hybridized carbons (Fsp3) is 0.810. The third-order valence-electron chi connectivity index (χ3n) is 3.52. The third-order valence-corrected chi connectivity index (χ3v) is 3.52. The van der Waals surface area contributed by atoms with Crippen LogP contribution in [-0.2, 0) is 9.78 Å². The molecule has 0 heterocycles. The summed E-state index contributed by atoms with van der Waals surface area (Å²) in [5, 5.41) is 0. The van der Waals surface area contributed by atoms with E-state index in [9.17, 15) is 0 Å². The molecule has 0 saturated carbocycles. The maximum atomic E-state index is 4.33. The zero-order valence-corrected chi connectivity index (χ0v) is 16.3. The van der Waals surface area contributed by atoms with Crippen LogP contribution in [-0.4, -0.2) is 13.7 Å². The molecule has 0 unspecified atom stereocenters. The van der Waals surface area contributed by atoms with E-state index in [0.717, 1.165) is 0 Å². The molecule has 0 fully saturated rings. The summed E-state index contributed by atoms with van der Waals surface area (Å²) in [5.41, 5.74) is 0. The molecule has 0 aromatic heterocycles. The molecular weight excluding hydrogens is 284 g/mol. The van der Waals surface area contributed by atoms with Gasteiger partial charge >= 0.3 is 0 Å². The maximum absolute atomic E-state index is 4.33. The lowest BCUT2D eigenvalue weighted by Crippen LogP contribution is -1.83. The zero-order chi connectivity index (χ0) is 17.4. The predicted octanol–water partition coefficient (Wildman–Crippen LogP) is 7.40. The van der Waals surface area contributed by atoms with E-state index in [2.05, 4.69) is 47.9 Å². The van der Waals surface area contributed by atoms with E-state index in [0.29, 0.717) is 6.61 Å². The Bertz CT molecular complexity index is 232. The van der Waals surface area contributed by atoms with Crippen molar-refractivity contribution in [1.29, 1.82) is 0 Å². The Hall–Kier alpha value is -0.600. The largest absolute Gasteiger partial charge is 0.240 e. The molecule has 138 valence electrons. The topological polar surface area (TPSA) is 18.5 Å². The molecule has 0 aliphatic carbocycles. The summed E-state index contributed by atoms with van der Waals surface area (Å²) in [6.45, 7) is 6.94. The lowest BCUT2D eigenvalue weighted by molar-refractivity contribution is -0.268. The highest BCUT2D eigenvalue weighted by atomic mass is 17.2. The highest BCUT2D eigenvalue weighted by Crippen LogP contribution is 2.09. The minimum absolute atomic E-state index is 0.622. The number of rotatable bonds is 15. The van der Waals surface area contributed by atoms with Crippen LogP contribution in [0, 0.1) is 0 Å². The smallest absolute Gasteiger partial charge is 0.0794 e.